The highest BCUT2D eigenvalue weighted by Gasteiger charge is 2.17. The fourth-order valence-electron chi connectivity index (χ4n) is 2.97. The molecular formula is C22H25ClN2O4. The topological polar surface area (TPSA) is 68.8 Å². The van der Waals surface area contributed by atoms with Crippen molar-refractivity contribution in [2.75, 3.05) is 30.5 Å². The largest absolute Gasteiger partial charge is 0.498 e. The quantitative estimate of drug-likeness (QED) is 0.577. The third-order valence-corrected chi connectivity index (χ3v) is 4.68. The first-order chi connectivity index (χ1) is 14.0. The van der Waals surface area contributed by atoms with Gasteiger partial charge in [0, 0.05) is 35.3 Å². The number of hydrogen-bond donors (Lipinski definition) is 2. The molecular weight excluding hydrogens is 392 g/mol. The molecule has 1 saturated heterocycles. The number of carbonyl (C=O) groups excluding carboxylic acids is 1. The van der Waals surface area contributed by atoms with Crippen LogP contribution in [0.15, 0.2) is 54.8 Å². The predicted molar refractivity (Wildman–Crippen MR) is 115 cm³/mol. The maximum Gasteiger partial charge on any atom is 0.323 e. The van der Waals surface area contributed by atoms with Crippen LogP contribution in [0.3, 0.4) is 0 Å². The summed E-state index contributed by atoms with van der Waals surface area (Å²) in [5.74, 6) is 1.35. The van der Waals surface area contributed by atoms with Crippen LogP contribution in [0.5, 0.6) is 5.75 Å². The van der Waals surface area contributed by atoms with E-state index in [0.29, 0.717) is 54.1 Å². The van der Waals surface area contributed by atoms with Gasteiger partial charge >= 0.3 is 6.03 Å². The van der Waals surface area contributed by atoms with Gasteiger partial charge in [0.2, 0.25) is 0 Å². The summed E-state index contributed by atoms with van der Waals surface area (Å²) in [7, 11) is 0. The van der Waals surface area contributed by atoms with Gasteiger partial charge in [-0.25, -0.2) is 4.79 Å². The molecule has 1 aliphatic heterocycles. The Labute approximate surface area is 175 Å². The van der Waals surface area contributed by atoms with E-state index in [0.717, 1.165) is 12.0 Å². The van der Waals surface area contributed by atoms with Crippen molar-refractivity contribution in [3.8, 4) is 5.75 Å². The molecule has 0 aliphatic carbocycles. The summed E-state index contributed by atoms with van der Waals surface area (Å²) in [6.45, 7) is 7.64. The van der Waals surface area contributed by atoms with E-state index in [1.807, 2.05) is 25.1 Å². The summed E-state index contributed by atoms with van der Waals surface area (Å²) in [5.41, 5.74) is 2.11. The van der Waals surface area contributed by atoms with E-state index in [1.54, 1.807) is 24.3 Å². The van der Waals surface area contributed by atoms with Crippen LogP contribution in [-0.4, -0.2) is 32.0 Å². The zero-order chi connectivity index (χ0) is 20.6. The molecule has 6 nitrogen and oxygen atoms in total. The summed E-state index contributed by atoms with van der Waals surface area (Å²) < 4.78 is 16.5. The van der Waals surface area contributed by atoms with Gasteiger partial charge in [-0.05, 0) is 36.8 Å². The highest BCUT2D eigenvalue weighted by atomic mass is 35.5. The third kappa shape index (κ3) is 6.41. The smallest absolute Gasteiger partial charge is 0.323 e. The number of carbonyl (C=O) groups is 1. The van der Waals surface area contributed by atoms with Crippen LogP contribution < -0.4 is 15.4 Å². The second-order valence-corrected chi connectivity index (χ2v) is 7.07. The van der Waals surface area contributed by atoms with E-state index in [2.05, 4.69) is 17.2 Å². The van der Waals surface area contributed by atoms with Crippen LogP contribution in [-0.2, 0) is 15.9 Å². The molecule has 2 aromatic carbocycles. The number of urea groups is 1. The Morgan fingerprint density at radius 1 is 1.24 bits per heavy atom. The molecule has 154 valence electrons. The molecule has 0 aromatic heterocycles. The molecule has 2 amide bonds. The molecule has 1 fully saturated rings. The van der Waals surface area contributed by atoms with Crippen LogP contribution in [0.1, 0.15) is 18.9 Å². The van der Waals surface area contributed by atoms with Crippen LogP contribution in [0.25, 0.3) is 0 Å². The van der Waals surface area contributed by atoms with Crippen molar-refractivity contribution >= 4 is 29.0 Å². The SMILES string of the molecule is C=C(Cc1ccc(NC(=O)Nc2cccc(OC3CCOC3)c2)cc1Cl)OCC. The van der Waals surface area contributed by atoms with E-state index in [-0.39, 0.29) is 12.1 Å². The second-order valence-electron chi connectivity index (χ2n) is 6.67. The Kier molecular flexibility index (Phi) is 7.38. The first-order valence-electron chi connectivity index (χ1n) is 9.55. The molecule has 7 heteroatoms. The van der Waals surface area contributed by atoms with E-state index in [1.165, 1.54) is 0 Å². The van der Waals surface area contributed by atoms with Gasteiger partial charge in [0.05, 0.1) is 25.6 Å². The van der Waals surface area contributed by atoms with Gasteiger partial charge in [0.1, 0.15) is 11.9 Å². The number of halogens is 1. The zero-order valence-electron chi connectivity index (χ0n) is 16.4. The number of amides is 2. The highest BCUT2D eigenvalue weighted by Crippen LogP contribution is 2.24. The lowest BCUT2D eigenvalue weighted by Crippen LogP contribution is -2.20. The number of benzene rings is 2. The van der Waals surface area contributed by atoms with Gasteiger partial charge in [-0.1, -0.05) is 30.3 Å². The molecule has 1 heterocycles. The second kappa shape index (κ2) is 10.2. The lowest BCUT2D eigenvalue weighted by molar-refractivity contribution is 0.141. The van der Waals surface area contributed by atoms with Crippen LogP contribution >= 0.6 is 11.6 Å². The van der Waals surface area contributed by atoms with Gasteiger partial charge in [0.15, 0.2) is 0 Å². The monoisotopic (exact) mass is 416 g/mol. The van der Waals surface area contributed by atoms with E-state index >= 15 is 0 Å². The molecule has 29 heavy (non-hydrogen) atoms. The molecule has 1 unspecified atom stereocenters. The van der Waals surface area contributed by atoms with Gasteiger partial charge < -0.3 is 24.8 Å². The van der Waals surface area contributed by atoms with Gasteiger partial charge in [0.25, 0.3) is 0 Å². The van der Waals surface area contributed by atoms with E-state index in [9.17, 15) is 4.79 Å². The molecule has 2 N–H and O–H groups in total. The van der Waals surface area contributed by atoms with Crippen LogP contribution in [0, 0.1) is 0 Å². The minimum atomic E-state index is -0.367. The summed E-state index contributed by atoms with van der Waals surface area (Å²) in [5, 5.41) is 6.12. The zero-order valence-corrected chi connectivity index (χ0v) is 17.1. The number of anilines is 2. The van der Waals surface area contributed by atoms with Gasteiger partial charge in [-0.3, -0.25) is 0 Å². The van der Waals surface area contributed by atoms with Crippen molar-refractivity contribution in [3.05, 3.63) is 65.4 Å². The van der Waals surface area contributed by atoms with Crippen molar-refractivity contribution in [1.29, 1.82) is 0 Å². The molecule has 0 radical (unpaired) electrons. The van der Waals surface area contributed by atoms with Crippen molar-refractivity contribution < 1.29 is 19.0 Å². The highest BCUT2D eigenvalue weighted by molar-refractivity contribution is 6.31. The fourth-order valence-corrected chi connectivity index (χ4v) is 3.22. The van der Waals surface area contributed by atoms with Crippen molar-refractivity contribution in [1.82, 2.24) is 0 Å². The summed E-state index contributed by atoms with van der Waals surface area (Å²) in [6.07, 6.45) is 1.45. The minimum absolute atomic E-state index is 0.0542. The average molecular weight is 417 g/mol. The Balaban J connectivity index is 1.56. The molecule has 1 aliphatic rings. The first kappa shape index (κ1) is 21.0. The van der Waals surface area contributed by atoms with Crippen molar-refractivity contribution in [3.63, 3.8) is 0 Å². The van der Waals surface area contributed by atoms with E-state index in [4.69, 9.17) is 25.8 Å². The molecule has 0 bridgehead atoms. The van der Waals surface area contributed by atoms with Crippen LogP contribution in [0.4, 0.5) is 16.2 Å². The lowest BCUT2D eigenvalue weighted by Gasteiger charge is -2.14. The first-order valence-corrected chi connectivity index (χ1v) is 9.92. The molecule has 0 spiro atoms. The predicted octanol–water partition coefficient (Wildman–Crippen LogP) is 5.24. The summed E-state index contributed by atoms with van der Waals surface area (Å²) >= 11 is 6.32. The third-order valence-electron chi connectivity index (χ3n) is 4.33. The number of ether oxygens (including phenoxy) is 3. The minimum Gasteiger partial charge on any atom is -0.498 e. The van der Waals surface area contributed by atoms with Gasteiger partial charge in [-0.2, -0.15) is 0 Å². The number of hydrogen-bond acceptors (Lipinski definition) is 4. The number of allylic oxidation sites excluding steroid dienone is 1. The maximum atomic E-state index is 12.3. The van der Waals surface area contributed by atoms with E-state index < -0.39 is 0 Å². The summed E-state index contributed by atoms with van der Waals surface area (Å²) in [6, 6.07) is 12.2. The molecule has 3 rings (SSSR count). The van der Waals surface area contributed by atoms with Crippen molar-refractivity contribution in [2.24, 2.45) is 0 Å². The molecule has 2 aromatic rings. The standard InChI is InChI=1S/C22H25ClN2O4/c1-3-28-15(2)11-16-7-8-18(13-21(16)23)25-22(26)24-17-5-4-6-19(12-17)29-20-9-10-27-14-20/h4-8,12-13,20H,2-3,9-11,14H2,1H3,(H2,24,25,26). The normalized spacial score (nSPS) is 15.6. The fraction of sp³-hybridized carbons (Fsp3) is 0.318. The Hall–Kier alpha value is -2.70. The molecule has 0 saturated carbocycles. The van der Waals surface area contributed by atoms with Crippen LogP contribution in [0.2, 0.25) is 5.02 Å². The average Bonchev–Trinajstić information content (AvgIpc) is 3.17. The Morgan fingerprint density at radius 3 is 2.72 bits per heavy atom. The number of nitrogens with one attached hydrogen (secondary N) is 2. The lowest BCUT2D eigenvalue weighted by atomic mass is 10.1. The van der Waals surface area contributed by atoms with Crippen molar-refractivity contribution in [2.45, 2.75) is 25.9 Å². The maximum absolute atomic E-state index is 12.3. The number of rotatable bonds is 8. The van der Waals surface area contributed by atoms with Gasteiger partial charge in [-0.15, -0.1) is 0 Å². The molecule has 1 atom stereocenters. The Morgan fingerprint density at radius 2 is 2.03 bits per heavy atom. The Bertz CT molecular complexity index is 866. The summed E-state index contributed by atoms with van der Waals surface area (Å²) in [4.78, 5) is 12.3.